The van der Waals surface area contributed by atoms with Gasteiger partial charge >= 0.3 is 0 Å². The summed E-state index contributed by atoms with van der Waals surface area (Å²) in [5, 5.41) is 28.4. The van der Waals surface area contributed by atoms with Crippen LogP contribution < -0.4 is 43.8 Å². The van der Waals surface area contributed by atoms with Crippen LogP contribution in [0.1, 0.15) is 60.3 Å². The monoisotopic (exact) mass is 707 g/mol. The Labute approximate surface area is 293 Å². The van der Waals surface area contributed by atoms with Crippen LogP contribution in [0.5, 0.6) is 0 Å². The van der Waals surface area contributed by atoms with Gasteiger partial charge in [0.15, 0.2) is 16.9 Å². The molecular weight excluding hydrogens is 663 g/mol. The first-order valence-electron chi connectivity index (χ1n) is 16.2. The van der Waals surface area contributed by atoms with Gasteiger partial charge in [0, 0.05) is 32.4 Å². The highest BCUT2D eigenvalue weighted by Gasteiger charge is 2.31. The molecule has 4 amide bonds. The number of benzene rings is 2. The summed E-state index contributed by atoms with van der Waals surface area (Å²) in [6.07, 6.45) is 1.40. The molecule has 0 fully saturated rings. The molecule has 50 heavy (non-hydrogen) atoms. The van der Waals surface area contributed by atoms with Crippen molar-refractivity contribution in [3.63, 3.8) is 0 Å². The van der Waals surface area contributed by atoms with Crippen molar-refractivity contribution in [1.29, 1.82) is 10.8 Å². The van der Waals surface area contributed by atoms with E-state index < -0.39 is 47.5 Å². The van der Waals surface area contributed by atoms with Gasteiger partial charge in [0.1, 0.15) is 12.1 Å². The van der Waals surface area contributed by atoms with Crippen LogP contribution in [0, 0.1) is 10.8 Å². The standard InChI is InChI=1S/C33H45N11O5S/c34-26(45)16-15-23(41-27(46)14-6-7-17-39-32(35)36)29(48)43-24(19-20-9-2-1-3-10-20)30(49)42-22(12-8-18-40-33(37)38)28(47)31-44-21-11-4-5-13-25(21)50-31/h1-5,9-11,13,22-24H,6-8,12,14-19H2,(H2,34,45)(H,41,46)(H,42,49)(H,43,48)(H4,35,36,39)(H4,37,38,40)/t22?,23-,24-/m0/s1. The molecule has 16 nitrogen and oxygen atoms in total. The molecule has 0 aliphatic heterocycles. The van der Waals surface area contributed by atoms with Crippen LogP contribution in [0.3, 0.4) is 0 Å². The first kappa shape index (κ1) is 38.9. The molecule has 3 atom stereocenters. The first-order valence-corrected chi connectivity index (χ1v) is 17.0. The van der Waals surface area contributed by atoms with Crippen LogP contribution in [0.25, 0.3) is 10.2 Å². The number of para-hydroxylation sites is 1. The van der Waals surface area contributed by atoms with Crippen molar-refractivity contribution in [3.05, 3.63) is 65.2 Å². The number of guanidine groups is 2. The lowest BCUT2D eigenvalue weighted by Crippen LogP contribution is -2.56. The fourth-order valence-corrected chi connectivity index (χ4v) is 5.94. The number of thiazole rings is 1. The summed E-state index contributed by atoms with van der Waals surface area (Å²) in [6.45, 7) is 0.688. The van der Waals surface area contributed by atoms with E-state index in [1.807, 2.05) is 24.3 Å². The van der Waals surface area contributed by atoms with E-state index in [1.54, 1.807) is 30.3 Å². The van der Waals surface area contributed by atoms with Gasteiger partial charge in [-0.25, -0.2) is 4.98 Å². The molecule has 3 aromatic rings. The molecule has 0 aliphatic carbocycles. The van der Waals surface area contributed by atoms with E-state index in [-0.39, 0.29) is 55.6 Å². The van der Waals surface area contributed by atoms with Crippen molar-refractivity contribution in [2.75, 3.05) is 13.1 Å². The van der Waals surface area contributed by atoms with Crippen LogP contribution >= 0.6 is 11.3 Å². The highest BCUT2D eigenvalue weighted by molar-refractivity contribution is 7.20. The number of hydrogen-bond donors (Lipinski definition) is 10. The minimum Gasteiger partial charge on any atom is -0.370 e. The molecule has 0 radical (unpaired) electrons. The van der Waals surface area contributed by atoms with E-state index in [4.69, 9.17) is 28.0 Å². The molecular formula is C33H45N11O5S. The lowest BCUT2D eigenvalue weighted by atomic mass is 10.0. The number of primary amides is 1. The SMILES string of the molecule is N=C(N)NCCCCC(=O)N[C@@H](CCC(N)=O)C(=O)N[C@@H](Cc1ccccc1)C(=O)NC(CCCNC(=N)N)C(=O)c1nc2ccccc2s1. The van der Waals surface area contributed by atoms with Crippen molar-refractivity contribution in [2.45, 2.75) is 69.5 Å². The maximum atomic E-state index is 13.9. The third-order valence-electron chi connectivity index (χ3n) is 7.52. The molecule has 2 aromatic carbocycles. The van der Waals surface area contributed by atoms with Gasteiger partial charge in [-0.1, -0.05) is 42.5 Å². The van der Waals surface area contributed by atoms with Gasteiger partial charge in [-0.3, -0.25) is 34.8 Å². The summed E-state index contributed by atoms with van der Waals surface area (Å²) in [5.74, 6) is -3.26. The summed E-state index contributed by atoms with van der Waals surface area (Å²) in [5.41, 5.74) is 17.4. The van der Waals surface area contributed by atoms with E-state index in [2.05, 4.69) is 31.6 Å². The Kier molecular flexibility index (Phi) is 15.6. The molecule has 13 N–H and O–H groups in total. The zero-order valence-corrected chi connectivity index (χ0v) is 28.4. The average molecular weight is 708 g/mol. The van der Waals surface area contributed by atoms with Gasteiger partial charge in [0.25, 0.3) is 0 Å². The number of Topliss-reactive ketones (excluding diaryl/α,β-unsaturated/α-hetero) is 1. The summed E-state index contributed by atoms with van der Waals surface area (Å²) in [6, 6.07) is 12.9. The third-order valence-corrected chi connectivity index (χ3v) is 8.57. The minimum absolute atomic E-state index is 0.0615. The number of nitrogens with one attached hydrogen (secondary N) is 7. The predicted molar refractivity (Wildman–Crippen MR) is 191 cm³/mol. The quantitative estimate of drug-likeness (QED) is 0.0314. The summed E-state index contributed by atoms with van der Waals surface area (Å²) in [4.78, 5) is 70.2. The van der Waals surface area contributed by atoms with Crippen molar-refractivity contribution < 1.29 is 24.0 Å². The third kappa shape index (κ3) is 13.5. The Morgan fingerprint density at radius 3 is 1.98 bits per heavy atom. The molecule has 0 bridgehead atoms. The maximum absolute atomic E-state index is 13.9. The Morgan fingerprint density at radius 2 is 1.32 bits per heavy atom. The second-order valence-corrected chi connectivity index (χ2v) is 12.6. The van der Waals surface area contributed by atoms with E-state index in [0.717, 1.165) is 10.3 Å². The van der Waals surface area contributed by atoms with Crippen molar-refractivity contribution in [2.24, 2.45) is 17.2 Å². The molecule has 268 valence electrons. The van der Waals surface area contributed by atoms with Crippen molar-refractivity contribution in [3.8, 4) is 0 Å². The Bertz CT molecular complexity index is 1620. The molecule has 0 aliphatic rings. The molecule has 0 saturated heterocycles. The lowest BCUT2D eigenvalue weighted by molar-refractivity contribution is -0.132. The topological polar surface area (TPSA) is 284 Å². The lowest BCUT2D eigenvalue weighted by Gasteiger charge is -2.25. The summed E-state index contributed by atoms with van der Waals surface area (Å²) in [7, 11) is 0. The molecule has 1 heterocycles. The van der Waals surface area contributed by atoms with Crippen LogP contribution in [-0.4, -0.2) is 77.5 Å². The molecule has 1 aromatic heterocycles. The first-order chi connectivity index (χ1) is 23.9. The highest BCUT2D eigenvalue weighted by atomic mass is 32.1. The second-order valence-electron chi connectivity index (χ2n) is 11.6. The number of nitrogens with zero attached hydrogens (tertiary/aromatic N) is 1. The van der Waals surface area contributed by atoms with Crippen LogP contribution in [-0.2, 0) is 25.6 Å². The van der Waals surface area contributed by atoms with E-state index >= 15 is 0 Å². The Hall–Kier alpha value is -5.58. The molecule has 3 rings (SSSR count). The summed E-state index contributed by atoms with van der Waals surface area (Å²) < 4.78 is 0.810. The Balaban J connectivity index is 1.80. The molecule has 0 saturated carbocycles. The number of amides is 4. The normalized spacial score (nSPS) is 12.6. The van der Waals surface area contributed by atoms with Gasteiger partial charge in [-0.2, -0.15) is 0 Å². The zero-order chi connectivity index (χ0) is 36.5. The maximum Gasteiger partial charge on any atom is 0.243 e. The number of fused-ring (bicyclic) bond motifs is 1. The Morgan fingerprint density at radius 1 is 0.700 bits per heavy atom. The fourth-order valence-electron chi connectivity index (χ4n) is 4.98. The number of rotatable bonds is 21. The number of ketones is 1. The predicted octanol–water partition coefficient (Wildman–Crippen LogP) is 0.358. The van der Waals surface area contributed by atoms with Crippen LogP contribution in [0.4, 0.5) is 0 Å². The number of hydrogen-bond acceptors (Lipinski definition) is 9. The number of nitrogens with two attached hydrogens (primary N) is 3. The number of aromatic nitrogens is 1. The molecule has 1 unspecified atom stereocenters. The molecule has 0 spiro atoms. The van der Waals surface area contributed by atoms with Gasteiger partial charge in [-0.05, 0) is 49.8 Å². The molecule has 17 heteroatoms. The van der Waals surface area contributed by atoms with Crippen LogP contribution in [0.15, 0.2) is 54.6 Å². The van der Waals surface area contributed by atoms with E-state index in [0.29, 0.717) is 31.3 Å². The van der Waals surface area contributed by atoms with Crippen molar-refractivity contribution >= 4 is 62.9 Å². The highest BCUT2D eigenvalue weighted by Crippen LogP contribution is 2.23. The van der Waals surface area contributed by atoms with Crippen molar-refractivity contribution in [1.82, 2.24) is 31.6 Å². The van der Waals surface area contributed by atoms with Gasteiger partial charge in [0.2, 0.25) is 29.4 Å². The smallest absolute Gasteiger partial charge is 0.243 e. The average Bonchev–Trinajstić information content (AvgIpc) is 3.51. The van der Waals surface area contributed by atoms with Gasteiger partial charge < -0.3 is 43.8 Å². The zero-order valence-electron chi connectivity index (χ0n) is 27.6. The number of carbonyl (C=O) groups excluding carboxylic acids is 5. The van der Waals surface area contributed by atoms with E-state index in [9.17, 15) is 24.0 Å². The number of unbranched alkanes of at least 4 members (excludes halogenated alkanes) is 1. The summed E-state index contributed by atoms with van der Waals surface area (Å²) >= 11 is 1.21. The minimum atomic E-state index is -1.17. The van der Waals surface area contributed by atoms with Gasteiger partial charge in [0.05, 0.1) is 16.3 Å². The largest absolute Gasteiger partial charge is 0.370 e. The number of carbonyl (C=O) groups is 5. The van der Waals surface area contributed by atoms with Gasteiger partial charge in [-0.15, -0.1) is 11.3 Å². The van der Waals surface area contributed by atoms with E-state index in [1.165, 1.54) is 11.3 Å². The fraction of sp³-hybridized carbons (Fsp3) is 0.394. The van der Waals surface area contributed by atoms with Crippen LogP contribution in [0.2, 0.25) is 0 Å². The second kappa shape index (κ2) is 20.1.